The molecule has 0 aliphatic heterocycles. The van der Waals surface area contributed by atoms with Crippen LogP contribution in [-0.4, -0.2) is 30.8 Å². The highest BCUT2D eigenvalue weighted by atomic mass is 35.5. The zero-order chi connectivity index (χ0) is 18.1. The van der Waals surface area contributed by atoms with Gasteiger partial charge >= 0.3 is 0 Å². The second-order valence-electron chi connectivity index (χ2n) is 5.86. The Labute approximate surface area is 177 Å². The summed E-state index contributed by atoms with van der Waals surface area (Å²) < 4.78 is 19.5. The van der Waals surface area contributed by atoms with E-state index in [0.29, 0.717) is 29.4 Å². The number of rotatable bonds is 10. The van der Waals surface area contributed by atoms with E-state index >= 15 is 0 Å². The number of hydrogen-bond donors (Lipinski definition) is 3. The molecule has 0 fully saturated rings. The Bertz CT molecular complexity index is 675. The molecule has 0 heterocycles. The van der Waals surface area contributed by atoms with Crippen LogP contribution in [0.25, 0.3) is 0 Å². The minimum atomic E-state index is -0.355. The predicted octanol–water partition coefficient (Wildman–Crippen LogP) is 3.96. The molecule has 2 aromatic carbocycles. The largest absolute Gasteiger partial charge is 0.488 e. The fraction of sp³-hybridized carbons (Fsp3) is 0.368. The van der Waals surface area contributed by atoms with E-state index in [1.807, 2.05) is 6.07 Å². The van der Waals surface area contributed by atoms with Crippen molar-refractivity contribution >= 4 is 36.4 Å². The van der Waals surface area contributed by atoms with Crippen molar-refractivity contribution < 1.29 is 14.2 Å². The first-order valence-corrected chi connectivity index (χ1v) is 8.68. The van der Waals surface area contributed by atoms with Crippen LogP contribution in [0.2, 0.25) is 5.02 Å². The van der Waals surface area contributed by atoms with Gasteiger partial charge in [0.2, 0.25) is 0 Å². The number of halogens is 4. The van der Waals surface area contributed by atoms with Crippen LogP contribution in [-0.2, 0) is 13.2 Å². The average Bonchev–Trinajstić information content (AvgIpc) is 2.58. The average molecular weight is 440 g/mol. The summed E-state index contributed by atoms with van der Waals surface area (Å²) in [6.07, 6.45) is -0.355. The van der Waals surface area contributed by atoms with Crippen molar-refractivity contribution in [3.05, 3.63) is 64.4 Å². The van der Waals surface area contributed by atoms with Crippen LogP contribution >= 0.6 is 36.4 Å². The van der Waals surface area contributed by atoms with Gasteiger partial charge < -0.3 is 20.5 Å². The summed E-state index contributed by atoms with van der Waals surface area (Å²) in [5.74, 6) is 0.400. The minimum absolute atomic E-state index is 0. The Morgan fingerprint density at radius 3 is 2.48 bits per heavy atom. The molecule has 0 radical (unpaired) electrons. The van der Waals surface area contributed by atoms with E-state index in [1.165, 1.54) is 6.07 Å². The lowest BCUT2D eigenvalue weighted by atomic mass is 10.2. The highest BCUT2D eigenvalue weighted by Gasteiger charge is 2.07. The zero-order valence-corrected chi connectivity index (χ0v) is 17.5. The van der Waals surface area contributed by atoms with Crippen molar-refractivity contribution in [2.75, 3.05) is 19.6 Å². The fourth-order valence-electron chi connectivity index (χ4n) is 2.31. The van der Waals surface area contributed by atoms with Crippen LogP contribution in [0.3, 0.4) is 0 Å². The Balaban J connectivity index is 0.00000338. The van der Waals surface area contributed by atoms with E-state index in [2.05, 4.69) is 10.6 Å². The third-order valence-electron chi connectivity index (χ3n) is 3.60. The van der Waals surface area contributed by atoms with E-state index in [1.54, 1.807) is 37.3 Å². The summed E-state index contributed by atoms with van der Waals surface area (Å²) in [5.41, 5.74) is 1.43. The smallest absolute Gasteiger partial charge is 0.129 e. The molecule has 0 spiro atoms. The number of aliphatic hydroxyl groups is 1. The molecule has 1 atom stereocenters. The first kappa shape index (κ1) is 25.9. The quantitative estimate of drug-likeness (QED) is 0.491. The van der Waals surface area contributed by atoms with Gasteiger partial charge in [-0.3, -0.25) is 0 Å². The highest BCUT2D eigenvalue weighted by molar-refractivity contribution is 6.30. The monoisotopic (exact) mass is 438 g/mol. The summed E-state index contributed by atoms with van der Waals surface area (Å²) in [5, 5.41) is 16.2. The Kier molecular flexibility index (Phi) is 13.4. The topological polar surface area (TPSA) is 53.5 Å². The van der Waals surface area contributed by atoms with Crippen molar-refractivity contribution in [3.8, 4) is 5.75 Å². The molecule has 8 heteroatoms. The molecule has 0 amide bonds. The Morgan fingerprint density at radius 2 is 1.78 bits per heavy atom. The van der Waals surface area contributed by atoms with E-state index in [4.69, 9.17) is 16.3 Å². The van der Waals surface area contributed by atoms with Crippen molar-refractivity contribution in [2.45, 2.75) is 26.2 Å². The predicted molar refractivity (Wildman–Crippen MR) is 113 cm³/mol. The Hall–Kier alpha value is -1.08. The SMILES string of the molecule is CC(O)CNCCNCc1cc(Cl)ccc1OCc1ccccc1F.Cl.Cl. The first-order valence-electron chi connectivity index (χ1n) is 8.30. The number of ether oxygens (including phenoxy) is 1. The summed E-state index contributed by atoms with van der Waals surface area (Å²) in [4.78, 5) is 0. The molecule has 4 nitrogen and oxygen atoms in total. The van der Waals surface area contributed by atoms with Crippen LogP contribution in [0.5, 0.6) is 5.75 Å². The third kappa shape index (κ3) is 9.60. The molecule has 152 valence electrons. The number of nitrogens with one attached hydrogen (secondary N) is 2. The standard InChI is InChI=1S/C19H24ClFN2O2.2ClH/c1-14(24)11-22-8-9-23-12-16-10-17(20)6-7-19(16)25-13-15-4-2-3-5-18(15)21;;/h2-7,10,14,22-24H,8-9,11-13H2,1H3;2*1H. The van der Waals surface area contributed by atoms with Gasteiger partial charge in [0.05, 0.1) is 6.10 Å². The van der Waals surface area contributed by atoms with Crippen molar-refractivity contribution in [1.29, 1.82) is 0 Å². The number of benzene rings is 2. The minimum Gasteiger partial charge on any atom is -0.488 e. The van der Waals surface area contributed by atoms with Crippen molar-refractivity contribution in [3.63, 3.8) is 0 Å². The van der Waals surface area contributed by atoms with Crippen LogP contribution in [0.1, 0.15) is 18.1 Å². The number of hydrogen-bond acceptors (Lipinski definition) is 4. The van der Waals surface area contributed by atoms with Crippen LogP contribution in [0, 0.1) is 5.82 Å². The summed E-state index contributed by atoms with van der Waals surface area (Å²) in [6, 6.07) is 12.0. The second-order valence-corrected chi connectivity index (χ2v) is 6.30. The summed E-state index contributed by atoms with van der Waals surface area (Å²) in [7, 11) is 0. The molecule has 0 saturated heterocycles. The third-order valence-corrected chi connectivity index (χ3v) is 3.83. The molecular weight excluding hydrogens is 414 g/mol. The van der Waals surface area contributed by atoms with E-state index in [-0.39, 0.29) is 43.3 Å². The number of aliphatic hydroxyl groups excluding tert-OH is 1. The maximum absolute atomic E-state index is 13.7. The van der Waals surface area contributed by atoms with Gasteiger partial charge in [0, 0.05) is 42.3 Å². The maximum Gasteiger partial charge on any atom is 0.129 e. The van der Waals surface area contributed by atoms with Gasteiger partial charge in [0.25, 0.3) is 0 Å². The van der Waals surface area contributed by atoms with Crippen LogP contribution < -0.4 is 15.4 Å². The fourth-order valence-corrected chi connectivity index (χ4v) is 2.50. The lowest BCUT2D eigenvalue weighted by molar-refractivity contribution is 0.191. The lowest BCUT2D eigenvalue weighted by Crippen LogP contribution is -2.31. The van der Waals surface area contributed by atoms with Crippen LogP contribution in [0.15, 0.2) is 42.5 Å². The molecule has 0 aliphatic carbocycles. The zero-order valence-electron chi connectivity index (χ0n) is 15.1. The normalized spacial score (nSPS) is 11.3. The summed E-state index contributed by atoms with van der Waals surface area (Å²) in [6.45, 7) is 4.55. The van der Waals surface area contributed by atoms with E-state index in [9.17, 15) is 9.50 Å². The van der Waals surface area contributed by atoms with E-state index in [0.717, 1.165) is 18.7 Å². The van der Waals surface area contributed by atoms with Crippen LogP contribution in [0.4, 0.5) is 4.39 Å². The van der Waals surface area contributed by atoms with Gasteiger partial charge in [-0.1, -0.05) is 29.8 Å². The molecule has 27 heavy (non-hydrogen) atoms. The van der Waals surface area contributed by atoms with Gasteiger partial charge in [0.15, 0.2) is 0 Å². The molecular formula is C19H26Cl3FN2O2. The molecule has 0 aromatic heterocycles. The van der Waals surface area contributed by atoms with Gasteiger partial charge in [-0.15, -0.1) is 24.8 Å². The van der Waals surface area contributed by atoms with Gasteiger partial charge in [0.1, 0.15) is 18.2 Å². The lowest BCUT2D eigenvalue weighted by Gasteiger charge is -2.14. The molecule has 1 unspecified atom stereocenters. The van der Waals surface area contributed by atoms with Gasteiger partial charge in [-0.2, -0.15) is 0 Å². The van der Waals surface area contributed by atoms with Gasteiger partial charge in [-0.05, 0) is 31.2 Å². The van der Waals surface area contributed by atoms with Gasteiger partial charge in [-0.25, -0.2) is 4.39 Å². The summed E-state index contributed by atoms with van der Waals surface area (Å²) >= 11 is 6.07. The van der Waals surface area contributed by atoms with Crippen molar-refractivity contribution in [2.24, 2.45) is 0 Å². The Morgan fingerprint density at radius 1 is 1.07 bits per heavy atom. The maximum atomic E-state index is 13.7. The van der Waals surface area contributed by atoms with E-state index < -0.39 is 0 Å². The molecule has 2 aromatic rings. The second kappa shape index (κ2) is 14.0. The molecule has 0 saturated carbocycles. The molecule has 0 bridgehead atoms. The first-order chi connectivity index (χ1) is 12.1. The molecule has 3 N–H and O–H groups in total. The highest BCUT2D eigenvalue weighted by Crippen LogP contribution is 2.24. The molecule has 2 rings (SSSR count). The molecule has 0 aliphatic rings. The van der Waals surface area contributed by atoms with Crippen molar-refractivity contribution in [1.82, 2.24) is 10.6 Å².